The number of quaternary nitrogens is 1. The fraction of sp³-hybridized carbons (Fsp3) is 0.647. The fourth-order valence-corrected chi connectivity index (χ4v) is 4.08. The third-order valence-electron chi connectivity index (χ3n) is 5.50. The van der Waals surface area contributed by atoms with E-state index in [0.717, 1.165) is 60.8 Å². The van der Waals surface area contributed by atoms with Crippen LogP contribution in [0.1, 0.15) is 32.3 Å². The zero-order valence-corrected chi connectivity index (χ0v) is 13.9. The number of fused-ring (bicyclic) bond motifs is 1. The molecule has 0 bridgehead atoms. The molecule has 3 heterocycles. The molecule has 0 aliphatic carbocycles. The van der Waals surface area contributed by atoms with Crippen LogP contribution in [0.3, 0.4) is 0 Å². The predicted octanol–water partition coefficient (Wildman–Crippen LogP) is 0.458. The molecule has 1 aromatic carbocycles. The van der Waals surface area contributed by atoms with Crippen molar-refractivity contribution in [1.82, 2.24) is 5.32 Å². The van der Waals surface area contributed by atoms with Crippen LogP contribution in [0, 0.1) is 10.6 Å². The first-order valence-corrected chi connectivity index (χ1v) is 8.27. The molecule has 5 N–H and O–H groups in total. The summed E-state index contributed by atoms with van der Waals surface area (Å²) < 4.78 is 6.05. The monoisotopic (exact) mass is 321 g/mol. The predicted molar refractivity (Wildman–Crippen MR) is 90.2 cm³/mol. The molecule has 3 aliphatic rings. The average Bonchev–Trinajstić information content (AvgIpc) is 2.77. The quantitative estimate of drug-likeness (QED) is 0.611. The maximum absolute atomic E-state index is 11.5. The third-order valence-corrected chi connectivity index (χ3v) is 5.50. The van der Waals surface area contributed by atoms with Gasteiger partial charge in [0.25, 0.3) is 0 Å². The summed E-state index contributed by atoms with van der Waals surface area (Å²) in [7, 11) is 0. The van der Waals surface area contributed by atoms with Crippen LogP contribution in [0.5, 0.6) is 5.75 Å². The number of piperidine rings is 1. The number of benzene rings is 1. The van der Waals surface area contributed by atoms with Crippen LogP contribution in [-0.4, -0.2) is 37.3 Å². The lowest BCUT2D eigenvalue weighted by Gasteiger charge is -2.49. The Morgan fingerprint density at radius 1 is 1.22 bits per heavy atom. The Kier molecular flexibility index (Phi) is 4.04. The van der Waals surface area contributed by atoms with Gasteiger partial charge in [-0.25, -0.2) is 0 Å². The van der Waals surface area contributed by atoms with Crippen molar-refractivity contribution in [3.63, 3.8) is 0 Å². The highest BCUT2D eigenvalue weighted by Gasteiger charge is 2.40. The van der Waals surface area contributed by atoms with Gasteiger partial charge < -0.3 is 31.1 Å². The van der Waals surface area contributed by atoms with Crippen molar-refractivity contribution in [2.75, 3.05) is 31.1 Å². The maximum Gasteiger partial charge on any atom is 0.153 e. The van der Waals surface area contributed by atoms with Gasteiger partial charge in [0.2, 0.25) is 0 Å². The van der Waals surface area contributed by atoms with Gasteiger partial charge in [0.1, 0.15) is 17.0 Å². The Bertz CT molecular complexity index is 589. The smallest absolute Gasteiger partial charge is 0.153 e. The van der Waals surface area contributed by atoms with Crippen LogP contribution in [0.15, 0.2) is 12.1 Å². The molecule has 1 aromatic rings. The van der Waals surface area contributed by atoms with Crippen LogP contribution in [0.25, 0.3) is 0 Å². The molecule has 4 rings (SSSR count). The SMILES string of the molecule is CC1(C)Cc2cc([NH2+][O-])c(N3CCC4(CC3)CNC4)cc2O1.O. The number of nitrogens with two attached hydrogens (primary N) is 1. The van der Waals surface area contributed by atoms with Crippen molar-refractivity contribution in [2.24, 2.45) is 5.41 Å². The maximum atomic E-state index is 11.5. The Morgan fingerprint density at radius 2 is 1.91 bits per heavy atom. The standard InChI is InChI=1S/C17H25N3O2.H2O/c1-16(2)9-12-7-13(19-21)14(8-15(12)22-16)20-5-3-17(4-6-20)10-18-11-17;/h7-8,18H,3-6,9-11,19H2,1-2H3;1H2. The van der Waals surface area contributed by atoms with E-state index in [1.807, 2.05) is 6.07 Å². The number of ether oxygens (including phenoxy) is 1. The summed E-state index contributed by atoms with van der Waals surface area (Å²) in [4.78, 5) is 2.36. The minimum atomic E-state index is -0.162. The summed E-state index contributed by atoms with van der Waals surface area (Å²) in [6.45, 7) is 8.57. The van der Waals surface area contributed by atoms with Gasteiger partial charge in [-0.1, -0.05) is 0 Å². The van der Waals surface area contributed by atoms with Gasteiger partial charge in [-0.3, -0.25) is 0 Å². The van der Waals surface area contributed by atoms with Crippen LogP contribution >= 0.6 is 0 Å². The highest BCUT2D eigenvalue weighted by molar-refractivity contribution is 5.68. The summed E-state index contributed by atoms with van der Waals surface area (Å²) in [6.07, 6.45) is 3.29. The van der Waals surface area contributed by atoms with Crippen LogP contribution < -0.4 is 20.4 Å². The Balaban J connectivity index is 0.00000156. The minimum absolute atomic E-state index is 0. The Labute approximate surface area is 137 Å². The van der Waals surface area contributed by atoms with E-state index in [2.05, 4.69) is 30.1 Å². The fourth-order valence-electron chi connectivity index (χ4n) is 4.08. The van der Waals surface area contributed by atoms with Gasteiger partial charge in [-0.2, -0.15) is 0 Å². The molecule has 6 heteroatoms. The number of nitrogens with zero attached hydrogens (tertiary/aromatic N) is 1. The van der Waals surface area contributed by atoms with Gasteiger partial charge in [0, 0.05) is 50.3 Å². The first-order valence-electron chi connectivity index (χ1n) is 8.27. The summed E-state index contributed by atoms with van der Waals surface area (Å²) in [5, 5.41) is 14.9. The minimum Gasteiger partial charge on any atom is -0.630 e. The van der Waals surface area contributed by atoms with Crippen molar-refractivity contribution < 1.29 is 15.7 Å². The van der Waals surface area contributed by atoms with E-state index >= 15 is 0 Å². The van der Waals surface area contributed by atoms with Crippen LogP contribution in [0.2, 0.25) is 0 Å². The third kappa shape index (κ3) is 2.80. The normalized spacial score (nSPS) is 23.7. The van der Waals surface area contributed by atoms with Crippen molar-refractivity contribution in [2.45, 2.75) is 38.7 Å². The van der Waals surface area contributed by atoms with Gasteiger partial charge >= 0.3 is 0 Å². The number of hydrogen-bond acceptors (Lipinski definition) is 4. The molecule has 0 radical (unpaired) electrons. The summed E-state index contributed by atoms with van der Waals surface area (Å²) >= 11 is 0. The van der Waals surface area contributed by atoms with Crippen LogP contribution in [0.4, 0.5) is 11.4 Å². The molecule has 0 amide bonds. The first-order chi connectivity index (χ1) is 10.5. The molecule has 0 unspecified atom stereocenters. The van der Waals surface area contributed by atoms with E-state index in [1.54, 1.807) is 0 Å². The second kappa shape index (κ2) is 5.63. The molecule has 2 saturated heterocycles. The zero-order valence-electron chi connectivity index (χ0n) is 13.9. The van der Waals surface area contributed by atoms with E-state index in [0.29, 0.717) is 5.41 Å². The number of rotatable bonds is 2. The highest BCUT2D eigenvalue weighted by atomic mass is 16.5. The summed E-state index contributed by atoms with van der Waals surface area (Å²) in [6, 6.07) is 4.12. The largest absolute Gasteiger partial charge is 0.630 e. The molecular formula is C17H27N3O3. The average molecular weight is 321 g/mol. The molecular weight excluding hydrogens is 294 g/mol. The number of nitrogens with one attached hydrogen (secondary N) is 1. The lowest BCUT2D eigenvalue weighted by atomic mass is 9.73. The molecule has 2 fully saturated rings. The second-order valence-electron chi connectivity index (χ2n) is 7.77. The highest BCUT2D eigenvalue weighted by Crippen LogP contribution is 2.42. The summed E-state index contributed by atoms with van der Waals surface area (Å²) in [5.74, 6) is 0.955. The topological polar surface area (TPSA) is 95.7 Å². The number of anilines is 1. The van der Waals surface area contributed by atoms with Gasteiger partial charge in [-0.15, -0.1) is 0 Å². The lowest BCUT2D eigenvalue weighted by molar-refractivity contribution is -0.496. The van der Waals surface area contributed by atoms with Crippen molar-refractivity contribution in [3.05, 3.63) is 22.9 Å². The van der Waals surface area contributed by atoms with E-state index in [4.69, 9.17) is 4.74 Å². The molecule has 128 valence electrons. The Morgan fingerprint density at radius 3 is 2.48 bits per heavy atom. The van der Waals surface area contributed by atoms with E-state index < -0.39 is 0 Å². The molecule has 23 heavy (non-hydrogen) atoms. The van der Waals surface area contributed by atoms with Gasteiger partial charge in [0.15, 0.2) is 5.69 Å². The first kappa shape index (κ1) is 16.5. The molecule has 3 aliphatic heterocycles. The summed E-state index contributed by atoms with van der Waals surface area (Å²) in [5.41, 5.74) is 4.37. The number of hydrogen-bond donors (Lipinski definition) is 2. The molecule has 6 nitrogen and oxygen atoms in total. The zero-order chi connectivity index (χ0) is 15.4. The van der Waals surface area contributed by atoms with Crippen molar-refractivity contribution >= 4 is 11.4 Å². The van der Waals surface area contributed by atoms with Gasteiger partial charge in [-0.05, 0) is 32.1 Å². The molecule has 1 spiro atoms. The molecule has 0 saturated carbocycles. The lowest BCUT2D eigenvalue weighted by Crippen LogP contribution is -2.70. The van der Waals surface area contributed by atoms with E-state index in [1.165, 1.54) is 12.8 Å². The molecule has 0 aromatic heterocycles. The van der Waals surface area contributed by atoms with Gasteiger partial charge in [0.05, 0.1) is 0 Å². The second-order valence-corrected chi connectivity index (χ2v) is 7.77. The van der Waals surface area contributed by atoms with E-state index in [9.17, 15) is 5.21 Å². The van der Waals surface area contributed by atoms with Crippen molar-refractivity contribution in [3.8, 4) is 5.75 Å². The van der Waals surface area contributed by atoms with Crippen LogP contribution in [-0.2, 0) is 6.42 Å². The van der Waals surface area contributed by atoms with Crippen molar-refractivity contribution in [1.29, 1.82) is 0 Å². The molecule has 0 atom stereocenters. The Hall–Kier alpha value is -1.34. The van der Waals surface area contributed by atoms with E-state index in [-0.39, 0.29) is 11.1 Å².